The van der Waals surface area contributed by atoms with Gasteiger partial charge in [0.05, 0.1) is 0 Å². The molecule has 3 rings (SSSR count). The Kier molecular flexibility index (Phi) is 8.60. The number of benzene rings is 3. The predicted octanol–water partition coefficient (Wildman–Crippen LogP) is 6.58. The summed E-state index contributed by atoms with van der Waals surface area (Å²) in [5.74, 6) is -14.7. The number of halogens is 5. The molecule has 0 spiro atoms. The molecule has 12 heteroatoms. The monoisotopic (exact) mass is 543 g/mol. The van der Waals surface area contributed by atoms with Crippen LogP contribution >= 0.6 is 7.75 Å². The summed E-state index contributed by atoms with van der Waals surface area (Å²) < 4.78 is 97.6. The number of carbonyl (C=O) groups is 1. The number of esters is 1. The van der Waals surface area contributed by atoms with Crippen molar-refractivity contribution in [3.63, 3.8) is 0 Å². The van der Waals surface area contributed by atoms with Crippen molar-refractivity contribution in [3.05, 3.63) is 94.8 Å². The molecule has 0 radical (unpaired) electrons. The van der Waals surface area contributed by atoms with Gasteiger partial charge < -0.3 is 13.8 Å². The fraction of sp³-hybridized carbons (Fsp3) is 0.240. The van der Waals surface area contributed by atoms with Gasteiger partial charge in [0, 0.05) is 0 Å². The highest BCUT2D eigenvalue weighted by Gasteiger charge is 2.36. The van der Waals surface area contributed by atoms with Gasteiger partial charge in [-0.25, -0.2) is 17.7 Å². The predicted molar refractivity (Wildman–Crippen MR) is 124 cm³/mol. The Balaban J connectivity index is 1.85. The minimum atomic E-state index is -4.96. The summed E-state index contributed by atoms with van der Waals surface area (Å²) in [6.45, 7) is 4.81. The molecule has 6 nitrogen and oxygen atoms in total. The maximum Gasteiger partial charge on any atom is 0.513 e. The van der Waals surface area contributed by atoms with Crippen molar-refractivity contribution >= 4 is 13.7 Å². The highest BCUT2D eigenvalue weighted by Crippen LogP contribution is 2.47. The fourth-order valence-corrected chi connectivity index (χ4v) is 4.26. The Morgan fingerprint density at radius 2 is 1.35 bits per heavy atom. The number of carbonyl (C=O) groups excluding carboxylic acids is 1. The molecule has 0 fully saturated rings. The zero-order valence-electron chi connectivity index (χ0n) is 20.0. The molecule has 0 saturated heterocycles. The molecule has 1 atom stereocenters. The molecule has 0 saturated carbocycles. The summed E-state index contributed by atoms with van der Waals surface area (Å²) in [5, 5.41) is 2.05. The van der Waals surface area contributed by atoms with Gasteiger partial charge in [-0.2, -0.15) is 13.9 Å². The van der Waals surface area contributed by atoms with Crippen molar-refractivity contribution < 1.29 is 45.1 Å². The van der Waals surface area contributed by atoms with E-state index in [1.54, 1.807) is 42.5 Å². The Labute approximate surface area is 209 Å². The van der Waals surface area contributed by atoms with Gasteiger partial charge in [0.1, 0.15) is 18.9 Å². The van der Waals surface area contributed by atoms with E-state index in [9.17, 15) is 31.3 Å². The molecule has 37 heavy (non-hydrogen) atoms. The van der Waals surface area contributed by atoms with Crippen LogP contribution in [-0.2, 0) is 26.1 Å². The first-order valence-corrected chi connectivity index (χ1v) is 12.4. The summed E-state index contributed by atoms with van der Waals surface area (Å²) in [6.07, 6.45) is 0. The maximum absolute atomic E-state index is 14.2. The molecule has 3 aromatic rings. The molecule has 1 N–H and O–H groups in total. The van der Waals surface area contributed by atoms with Gasteiger partial charge in [0.15, 0.2) is 0 Å². The van der Waals surface area contributed by atoms with Crippen molar-refractivity contribution in [2.45, 2.75) is 32.8 Å². The third kappa shape index (κ3) is 7.08. The minimum Gasteiger partial charge on any atom is -0.460 e. The van der Waals surface area contributed by atoms with E-state index in [-0.39, 0.29) is 17.8 Å². The van der Waals surface area contributed by atoms with Crippen LogP contribution in [0.2, 0.25) is 0 Å². The van der Waals surface area contributed by atoms with E-state index < -0.39 is 55.1 Å². The van der Waals surface area contributed by atoms with E-state index in [1.165, 1.54) is 12.1 Å². The zero-order valence-corrected chi connectivity index (χ0v) is 20.9. The number of hydrogen-bond acceptors (Lipinski definition) is 5. The van der Waals surface area contributed by atoms with Crippen LogP contribution in [-0.4, -0.2) is 12.5 Å². The Morgan fingerprint density at radius 1 is 0.811 bits per heavy atom. The van der Waals surface area contributed by atoms with Crippen LogP contribution in [0.15, 0.2) is 54.6 Å². The molecule has 198 valence electrons. The molecule has 1 unspecified atom stereocenters. The lowest BCUT2D eigenvalue weighted by Crippen LogP contribution is -2.27. The average molecular weight is 543 g/mol. The normalized spacial score (nSPS) is 13.1. The van der Waals surface area contributed by atoms with E-state index in [0.717, 1.165) is 5.56 Å². The molecule has 0 aromatic heterocycles. The lowest BCUT2D eigenvalue weighted by Gasteiger charge is -2.22. The van der Waals surface area contributed by atoms with Crippen LogP contribution in [0.5, 0.6) is 11.5 Å². The standard InChI is InChI=1S/C25H23F5NO5P/c1-25(2,3)16-9-11-17(12-10-16)35-37(33,31-13-18(32)34-14-15-7-5-4-6-8-15)36-24-22(29)20(27)19(26)21(28)23(24)30/h4-12H,13-14H2,1-3H3,(H,31,33). The summed E-state index contributed by atoms with van der Waals surface area (Å²) in [4.78, 5) is 12.2. The maximum atomic E-state index is 14.2. The van der Waals surface area contributed by atoms with E-state index in [0.29, 0.717) is 5.56 Å². The van der Waals surface area contributed by atoms with Gasteiger partial charge in [0.2, 0.25) is 34.8 Å². The van der Waals surface area contributed by atoms with Crippen LogP contribution in [0.3, 0.4) is 0 Å². The summed E-state index contributed by atoms with van der Waals surface area (Å²) in [7, 11) is -4.96. The average Bonchev–Trinajstić information content (AvgIpc) is 2.87. The second-order valence-corrected chi connectivity index (χ2v) is 10.5. The molecule has 3 aromatic carbocycles. The number of rotatable bonds is 9. The SMILES string of the molecule is CC(C)(C)c1ccc(OP(=O)(NCC(=O)OCc2ccccc2)Oc2c(F)c(F)c(F)c(F)c2F)cc1. The first-order chi connectivity index (χ1) is 17.3. The Bertz CT molecular complexity index is 1280. The van der Waals surface area contributed by atoms with Crippen LogP contribution in [0, 0.1) is 29.1 Å². The van der Waals surface area contributed by atoms with E-state index in [1.807, 2.05) is 25.9 Å². The first-order valence-electron chi connectivity index (χ1n) is 10.9. The van der Waals surface area contributed by atoms with Crippen molar-refractivity contribution in [1.82, 2.24) is 5.09 Å². The lowest BCUT2D eigenvalue weighted by molar-refractivity contribution is -0.143. The summed E-state index contributed by atoms with van der Waals surface area (Å²) in [6, 6.07) is 14.5. The number of nitrogens with one attached hydrogen (secondary N) is 1. The number of ether oxygens (including phenoxy) is 1. The van der Waals surface area contributed by atoms with E-state index in [2.05, 4.69) is 0 Å². The highest BCUT2D eigenvalue weighted by molar-refractivity contribution is 7.52. The first kappa shape index (κ1) is 28.1. The fourth-order valence-electron chi connectivity index (χ4n) is 2.97. The highest BCUT2D eigenvalue weighted by atomic mass is 31.2. The lowest BCUT2D eigenvalue weighted by atomic mass is 9.87. The Hall–Kier alpha value is -3.43. The van der Waals surface area contributed by atoms with Gasteiger partial charge in [-0.3, -0.25) is 4.79 Å². The third-order valence-corrected chi connectivity index (χ3v) is 6.41. The molecule has 0 aliphatic heterocycles. The zero-order chi connectivity index (χ0) is 27.4. The van der Waals surface area contributed by atoms with Gasteiger partial charge >= 0.3 is 13.7 Å². The largest absolute Gasteiger partial charge is 0.513 e. The van der Waals surface area contributed by atoms with Crippen LogP contribution in [0.4, 0.5) is 22.0 Å². The molecule has 0 heterocycles. The Morgan fingerprint density at radius 3 is 1.89 bits per heavy atom. The van der Waals surface area contributed by atoms with Crippen LogP contribution < -0.4 is 14.1 Å². The quantitative estimate of drug-likeness (QED) is 0.108. The van der Waals surface area contributed by atoms with Crippen molar-refractivity contribution in [2.75, 3.05) is 6.54 Å². The summed E-state index contributed by atoms with van der Waals surface area (Å²) in [5.41, 5.74) is 1.24. The van der Waals surface area contributed by atoms with Crippen molar-refractivity contribution in [1.29, 1.82) is 0 Å². The van der Waals surface area contributed by atoms with Gasteiger partial charge in [0.25, 0.3) is 0 Å². The molecular weight excluding hydrogens is 520 g/mol. The van der Waals surface area contributed by atoms with Gasteiger partial charge in [-0.1, -0.05) is 63.2 Å². The molecular formula is C25H23F5NO5P. The van der Waals surface area contributed by atoms with Gasteiger partial charge in [-0.05, 0) is 28.7 Å². The second kappa shape index (κ2) is 11.3. The molecule has 0 aliphatic carbocycles. The van der Waals surface area contributed by atoms with Gasteiger partial charge in [-0.15, -0.1) is 0 Å². The molecule has 0 bridgehead atoms. The summed E-state index contributed by atoms with van der Waals surface area (Å²) >= 11 is 0. The van der Waals surface area contributed by atoms with Crippen molar-refractivity contribution in [3.8, 4) is 11.5 Å². The van der Waals surface area contributed by atoms with E-state index in [4.69, 9.17) is 13.8 Å². The van der Waals surface area contributed by atoms with E-state index >= 15 is 0 Å². The second-order valence-electron chi connectivity index (χ2n) is 8.83. The molecule has 0 amide bonds. The van der Waals surface area contributed by atoms with Crippen LogP contribution in [0.1, 0.15) is 31.9 Å². The number of hydrogen-bond donors (Lipinski definition) is 1. The third-order valence-electron chi connectivity index (χ3n) is 4.99. The minimum absolute atomic E-state index is 0.134. The van der Waals surface area contributed by atoms with Crippen molar-refractivity contribution in [2.24, 2.45) is 0 Å². The molecule has 0 aliphatic rings. The van der Waals surface area contributed by atoms with Crippen LogP contribution in [0.25, 0.3) is 0 Å². The topological polar surface area (TPSA) is 73.9 Å². The smallest absolute Gasteiger partial charge is 0.460 e.